The molecule has 1 amide bonds. The van der Waals surface area contributed by atoms with Crippen LogP contribution in [0.2, 0.25) is 0 Å². The lowest BCUT2D eigenvalue weighted by atomic mass is 10.1. The number of amides is 1. The lowest BCUT2D eigenvalue weighted by Gasteiger charge is -2.33. The molecule has 1 aliphatic heterocycles. The highest BCUT2D eigenvalue weighted by atomic mass is 32.2. The summed E-state index contributed by atoms with van der Waals surface area (Å²) < 4.78 is 7.95. The molecule has 3 aromatic rings. The third-order valence-electron chi connectivity index (χ3n) is 5.65. The van der Waals surface area contributed by atoms with Crippen LogP contribution >= 0.6 is 11.8 Å². The van der Waals surface area contributed by atoms with Gasteiger partial charge in [-0.15, -0.1) is 10.2 Å². The zero-order chi connectivity index (χ0) is 22.9. The van der Waals surface area contributed by atoms with Crippen molar-refractivity contribution in [1.82, 2.24) is 25.0 Å². The molecule has 2 heterocycles. The molecule has 1 aromatic heterocycles. The lowest BCUT2D eigenvalue weighted by Crippen LogP contribution is -2.47. The molecule has 0 radical (unpaired) electrons. The van der Waals surface area contributed by atoms with Crippen LogP contribution in [0.15, 0.2) is 65.8 Å². The predicted molar refractivity (Wildman–Crippen MR) is 130 cm³/mol. The molecule has 4 rings (SSSR count). The van der Waals surface area contributed by atoms with E-state index >= 15 is 0 Å². The fourth-order valence-corrected chi connectivity index (χ4v) is 4.80. The van der Waals surface area contributed by atoms with Gasteiger partial charge >= 0.3 is 0 Å². The van der Waals surface area contributed by atoms with Crippen molar-refractivity contribution in [3.8, 4) is 0 Å². The molecule has 0 aliphatic carbocycles. The van der Waals surface area contributed by atoms with E-state index in [2.05, 4.69) is 68.3 Å². The second-order valence-electron chi connectivity index (χ2n) is 8.11. The van der Waals surface area contributed by atoms with E-state index in [0.29, 0.717) is 18.9 Å². The monoisotopic (exact) mass is 465 g/mol. The highest BCUT2D eigenvalue weighted by molar-refractivity contribution is 7.99. The molecule has 1 unspecified atom stereocenters. The number of rotatable bonds is 10. The van der Waals surface area contributed by atoms with Crippen LogP contribution in [0.4, 0.5) is 0 Å². The number of aromatic nitrogens is 3. The van der Waals surface area contributed by atoms with Gasteiger partial charge in [0.15, 0.2) is 5.16 Å². The standard InChI is InChI=1S/C25H31N5O2S/c1-2-30-23(15-20-9-5-3-6-10-20)27-28-25(30)33-19-24(31)26-16-22-18-29(13-14-32-22)17-21-11-7-4-8-12-21/h3-12,22H,2,13-19H2,1H3,(H,26,31). The van der Waals surface area contributed by atoms with Crippen LogP contribution in [-0.4, -0.2) is 63.7 Å². The van der Waals surface area contributed by atoms with Crippen molar-refractivity contribution >= 4 is 17.7 Å². The van der Waals surface area contributed by atoms with Crippen LogP contribution in [0, 0.1) is 0 Å². The maximum Gasteiger partial charge on any atom is 0.230 e. The second-order valence-corrected chi connectivity index (χ2v) is 9.05. The Balaban J connectivity index is 1.22. The Hall–Kier alpha value is -2.68. The number of carbonyl (C=O) groups is 1. The number of nitrogens with one attached hydrogen (secondary N) is 1. The zero-order valence-electron chi connectivity index (χ0n) is 19.0. The highest BCUT2D eigenvalue weighted by Gasteiger charge is 2.21. The Kier molecular flexibility index (Phi) is 8.52. The molecule has 174 valence electrons. The summed E-state index contributed by atoms with van der Waals surface area (Å²) in [6.07, 6.45) is 0.737. The molecular weight excluding hydrogens is 434 g/mol. The minimum absolute atomic E-state index is 0.00758. The Morgan fingerprint density at radius 1 is 1.09 bits per heavy atom. The van der Waals surface area contributed by atoms with Gasteiger partial charge in [-0.3, -0.25) is 9.69 Å². The summed E-state index contributed by atoms with van der Waals surface area (Å²) in [5.74, 6) is 1.21. The summed E-state index contributed by atoms with van der Waals surface area (Å²) in [6.45, 7) is 6.68. The average molecular weight is 466 g/mol. The summed E-state index contributed by atoms with van der Waals surface area (Å²) in [5.41, 5.74) is 2.49. The second kappa shape index (κ2) is 12.0. The first-order valence-corrected chi connectivity index (χ1v) is 12.4. The number of carbonyl (C=O) groups excluding carboxylic acids is 1. The van der Waals surface area contributed by atoms with E-state index in [1.54, 1.807) is 0 Å². The van der Waals surface area contributed by atoms with Crippen molar-refractivity contribution in [3.05, 3.63) is 77.6 Å². The van der Waals surface area contributed by atoms with Gasteiger partial charge in [0, 0.05) is 39.1 Å². The summed E-state index contributed by atoms with van der Waals surface area (Å²) in [5, 5.41) is 12.5. The molecule has 1 saturated heterocycles. The Bertz CT molecular complexity index is 1010. The van der Waals surface area contributed by atoms with Crippen molar-refractivity contribution in [2.24, 2.45) is 0 Å². The third-order valence-corrected chi connectivity index (χ3v) is 6.61. The van der Waals surface area contributed by atoms with Crippen LogP contribution in [0.25, 0.3) is 0 Å². The molecule has 0 spiro atoms. The first-order valence-electron chi connectivity index (χ1n) is 11.4. The molecule has 7 nitrogen and oxygen atoms in total. The normalized spacial score (nSPS) is 16.6. The number of thioether (sulfide) groups is 1. The first kappa shape index (κ1) is 23.5. The van der Waals surface area contributed by atoms with E-state index in [9.17, 15) is 4.79 Å². The van der Waals surface area contributed by atoms with E-state index < -0.39 is 0 Å². The van der Waals surface area contributed by atoms with Gasteiger partial charge in [-0.1, -0.05) is 72.4 Å². The van der Waals surface area contributed by atoms with Crippen molar-refractivity contribution in [1.29, 1.82) is 0 Å². The van der Waals surface area contributed by atoms with Gasteiger partial charge in [0.1, 0.15) is 5.82 Å². The van der Waals surface area contributed by atoms with E-state index in [-0.39, 0.29) is 12.0 Å². The van der Waals surface area contributed by atoms with Crippen molar-refractivity contribution < 1.29 is 9.53 Å². The van der Waals surface area contributed by atoms with Crippen LogP contribution in [-0.2, 0) is 29.0 Å². The van der Waals surface area contributed by atoms with Crippen LogP contribution in [0.3, 0.4) is 0 Å². The Morgan fingerprint density at radius 2 is 1.82 bits per heavy atom. The van der Waals surface area contributed by atoms with Crippen LogP contribution in [0.1, 0.15) is 23.9 Å². The Morgan fingerprint density at radius 3 is 2.55 bits per heavy atom. The summed E-state index contributed by atoms with van der Waals surface area (Å²) in [7, 11) is 0. The lowest BCUT2D eigenvalue weighted by molar-refractivity contribution is -0.119. The molecule has 8 heteroatoms. The van der Waals surface area contributed by atoms with Gasteiger partial charge in [0.25, 0.3) is 0 Å². The molecule has 0 bridgehead atoms. The minimum Gasteiger partial charge on any atom is -0.374 e. The van der Waals surface area contributed by atoms with Gasteiger partial charge < -0.3 is 14.6 Å². The van der Waals surface area contributed by atoms with E-state index in [4.69, 9.17) is 4.74 Å². The smallest absolute Gasteiger partial charge is 0.230 e. The number of hydrogen-bond acceptors (Lipinski definition) is 6. The minimum atomic E-state index is -0.0148. The van der Waals surface area contributed by atoms with E-state index in [0.717, 1.165) is 43.6 Å². The SMILES string of the molecule is CCn1c(Cc2ccccc2)nnc1SCC(=O)NCC1CN(Cc2ccccc2)CCO1. The van der Waals surface area contributed by atoms with Gasteiger partial charge in [-0.05, 0) is 18.1 Å². The van der Waals surface area contributed by atoms with Gasteiger partial charge in [-0.25, -0.2) is 0 Å². The molecule has 1 aliphatic rings. The maximum atomic E-state index is 12.5. The molecule has 0 saturated carbocycles. The fourth-order valence-electron chi connectivity index (χ4n) is 3.95. The molecule has 33 heavy (non-hydrogen) atoms. The first-order chi connectivity index (χ1) is 16.2. The number of morpholine rings is 1. The number of ether oxygens (including phenoxy) is 1. The summed E-state index contributed by atoms with van der Waals surface area (Å²) in [4.78, 5) is 14.8. The topological polar surface area (TPSA) is 72.3 Å². The number of nitrogens with zero attached hydrogens (tertiary/aromatic N) is 4. The molecular formula is C25H31N5O2S. The van der Waals surface area contributed by atoms with Gasteiger partial charge in [-0.2, -0.15) is 0 Å². The number of hydrogen-bond donors (Lipinski definition) is 1. The molecule has 1 atom stereocenters. The summed E-state index contributed by atoms with van der Waals surface area (Å²) >= 11 is 1.43. The predicted octanol–water partition coefficient (Wildman–Crippen LogP) is 3.00. The third kappa shape index (κ3) is 6.90. The van der Waals surface area contributed by atoms with Crippen LogP contribution < -0.4 is 5.32 Å². The molecule has 1 N–H and O–H groups in total. The largest absolute Gasteiger partial charge is 0.374 e. The van der Waals surface area contributed by atoms with Crippen molar-refractivity contribution in [2.75, 3.05) is 32.0 Å². The number of benzene rings is 2. The van der Waals surface area contributed by atoms with Gasteiger partial charge in [0.2, 0.25) is 5.91 Å². The van der Waals surface area contributed by atoms with Crippen LogP contribution in [0.5, 0.6) is 0 Å². The molecule has 2 aromatic carbocycles. The highest BCUT2D eigenvalue weighted by Crippen LogP contribution is 2.19. The van der Waals surface area contributed by atoms with Crippen molar-refractivity contribution in [2.45, 2.75) is 37.7 Å². The zero-order valence-corrected chi connectivity index (χ0v) is 19.8. The van der Waals surface area contributed by atoms with Gasteiger partial charge in [0.05, 0.1) is 18.5 Å². The average Bonchev–Trinajstić information content (AvgIpc) is 3.24. The van der Waals surface area contributed by atoms with E-state index in [1.807, 2.05) is 24.3 Å². The van der Waals surface area contributed by atoms with Crippen molar-refractivity contribution in [3.63, 3.8) is 0 Å². The summed E-state index contributed by atoms with van der Waals surface area (Å²) in [6, 6.07) is 20.7. The molecule has 1 fully saturated rings. The van der Waals surface area contributed by atoms with E-state index in [1.165, 1.54) is 22.9 Å². The maximum absolute atomic E-state index is 12.5. The fraction of sp³-hybridized carbons (Fsp3) is 0.400. The quantitative estimate of drug-likeness (QED) is 0.464. The Labute approximate surface area is 199 Å².